The van der Waals surface area contributed by atoms with Crippen molar-refractivity contribution in [2.24, 2.45) is 0 Å². The molecular weight excluding hydrogens is 362 g/mol. The van der Waals surface area contributed by atoms with E-state index in [1.54, 1.807) is 74.5 Å². The summed E-state index contributed by atoms with van der Waals surface area (Å²) in [5, 5.41) is 11.8. The summed E-state index contributed by atoms with van der Waals surface area (Å²) < 4.78 is 10.3. The third kappa shape index (κ3) is 5.39. The third-order valence-corrected chi connectivity index (χ3v) is 4.12. The lowest BCUT2D eigenvalue weighted by Gasteiger charge is -2.35. The predicted molar refractivity (Wildman–Crippen MR) is 102 cm³/mol. The highest BCUT2D eigenvalue weighted by atomic mass is 16.7. The molecule has 0 heterocycles. The molecule has 0 aliphatic carbocycles. The molecule has 3 atom stereocenters. The number of aliphatic hydroxyl groups is 1. The van der Waals surface area contributed by atoms with Crippen molar-refractivity contribution >= 4 is 11.9 Å². The van der Waals surface area contributed by atoms with Gasteiger partial charge < -0.3 is 19.4 Å². The van der Waals surface area contributed by atoms with Gasteiger partial charge in [-0.1, -0.05) is 48.5 Å². The number of methoxy groups -OCH3 is 1. The molecule has 0 radical (unpaired) electrons. The molecule has 0 saturated heterocycles. The number of hydrogen-bond acceptors (Lipinski definition) is 7. The van der Waals surface area contributed by atoms with Gasteiger partial charge in [0.1, 0.15) is 12.3 Å². The second kappa shape index (κ2) is 10.6. The average molecular weight is 387 g/mol. The second-order valence-corrected chi connectivity index (χ2v) is 5.98. The van der Waals surface area contributed by atoms with Crippen molar-refractivity contribution in [2.45, 2.75) is 32.2 Å². The number of nitrogens with zero attached hydrogens (tertiary/aromatic N) is 1. The standard InChI is InChI=1S/C21H25NO6/c1-4-27-15(2)22(28-20(24)17-13-9-6-10-14-17)18(19(23)21(25)26-3)16-11-7-5-8-12-16/h5-15,18-19,23H,4H2,1-3H3. The Balaban J connectivity index is 2.43. The lowest BCUT2D eigenvalue weighted by molar-refractivity contribution is -0.248. The highest BCUT2D eigenvalue weighted by molar-refractivity contribution is 5.89. The molecule has 2 rings (SSSR count). The molecular formula is C21H25NO6. The maximum Gasteiger partial charge on any atom is 0.357 e. The first-order valence-electron chi connectivity index (χ1n) is 8.97. The van der Waals surface area contributed by atoms with E-state index in [1.807, 2.05) is 0 Å². The van der Waals surface area contributed by atoms with Gasteiger partial charge in [-0.05, 0) is 31.5 Å². The SMILES string of the molecule is CCOC(C)N(OC(=O)c1ccccc1)C(c1ccccc1)C(O)C(=O)OC. The fourth-order valence-electron chi connectivity index (χ4n) is 2.76. The van der Waals surface area contributed by atoms with Gasteiger partial charge in [-0.15, -0.1) is 5.06 Å². The van der Waals surface area contributed by atoms with Gasteiger partial charge in [-0.25, -0.2) is 9.59 Å². The van der Waals surface area contributed by atoms with Crippen LogP contribution in [-0.4, -0.2) is 48.2 Å². The van der Waals surface area contributed by atoms with Crippen LogP contribution >= 0.6 is 0 Å². The van der Waals surface area contributed by atoms with Crippen LogP contribution in [0.5, 0.6) is 0 Å². The van der Waals surface area contributed by atoms with Crippen molar-refractivity contribution in [1.82, 2.24) is 5.06 Å². The first-order valence-corrected chi connectivity index (χ1v) is 8.97. The van der Waals surface area contributed by atoms with Crippen molar-refractivity contribution in [3.63, 3.8) is 0 Å². The van der Waals surface area contributed by atoms with E-state index >= 15 is 0 Å². The summed E-state index contributed by atoms with van der Waals surface area (Å²) in [5.41, 5.74) is 0.892. The van der Waals surface area contributed by atoms with Gasteiger partial charge in [-0.2, -0.15) is 0 Å². The van der Waals surface area contributed by atoms with Crippen LogP contribution in [0, 0.1) is 0 Å². The van der Waals surface area contributed by atoms with Gasteiger partial charge in [0, 0.05) is 6.61 Å². The Kier molecular flexibility index (Phi) is 8.13. The van der Waals surface area contributed by atoms with Crippen LogP contribution in [0.4, 0.5) is 0 Å². The number of ether oxygens (including phenoxy) is 2. The number of carbonyl (C=O) groups excluding carboxylic acids is 2. The summed E-state index contributed by atoms with van der Waals surface area (Å²) >= 11 is 0. The zero-order chi connectivity index (χ0) is 20.5. The molecule has 0 bridgehead atoms. The quantitative estimate of drug-likeness (QED) is 0.402. The highest BCUT2D eigenvalue weighted by Crippen LogP contribution is 2.29. The number of rotatable bonds is 9. The molecule has 0 aromatic heterocycles. The Morgan fingerprint density at radius 3 is 2.14 bits per heavy atom. The van der Waals surface area contributed by atoms with Crippen LogP contribution in [0.2, 0.25) is 0 Å². The maximum atomic E-state index is 12.6. The van der Waals surface area contributed by atoms with Crippen LogP contribution < -0.4 is 0 Å². The molecule has 7 heteroatoms. The summed E-state index contributed by atoms with van der Waals surface area (Å²) in [5.74, 6) is -1.48. The van der Waals surface area contributed by atoms with Crippen LogP contribution in [0.25, 0.3) is 0 Å². The van der Waals surface area contributed by atoms with Crippen molar-refractivity contribution in [1.29, 1.82) is 0 Å². The average Bonchev–Trinajstić information content (AvgIpc) is 2.74. The largest absolute Gasteiger partial charge is 0.467 e. The minimum absolute atomic E-state index is 0.329. The number of hydroxylamine groups is 2. The monoisotopic (exact) mass is 387 g/mol. The van der Waals surface area contributed by atoms with E-state index in [0.717, 1.165) is 0 Å². The van der Waals surface area contributed by atoms with Gasteiger partial charge in [-0.3, -0.25) is 0 Å². The molecule has 7 nitrogen and oxygen atoms in total. The highest BCUT2D eigenvalue weighted by Gasteiger charge is 2.39. The van der Waals surface area contributed by atoms with Crippen molar-refractivity contribution in [2.75, 3.05) is 13.7 Å². The van der Waals surface area contributed by atoms with E-state index in [0.29, 0.717) is 17.7 Å². The van der Waals surface area contributed by atoms with Crippen LogP contribution in [0.15, 0.2) is 60.7 Å². The topological polar surface area (TPSA) is 85.3 Å². The molecule has 0 amide bonds. The number of esters is 1. The van der Waals surface area contributed by atoms with E-state index in [1.165, 1.54) is 12.2 Å². The molecule has 0 spiro atoms. The lowest BCUT2D eigenvalue weighted by Crippen LogP contribution is -2.47. The molecule has 0 aliphatic rings. The molecule has 1 N–H and O–H groups in total. The lowest BCUT2D eigenvalue weighted by atomic mass is 10.0. The maximum absolute atomic E-state index is 12.6. The molecule has 2 aromatic rings. The molecule has 0 saturated carbocycles. The zero-order valence-corrected chi connectivity index (χ0v) is 16.1. The molecule has 2 aromatic carbocycles. The van der Waals surface area contributed by atoms with E-state index < -0.39 is 30.3 Å². The summed E-state index contributed by atoms with van der Waals surface area (Å²) in [4.78, 5) is 30.3. The summed E-state index contributed by atoms with van der Waals surface area (Å²) in [6.07, 6.45) is -2.33. The molecule has 150 valence electrons. The first kappa shape index (κ1) is 21.6. The molecule has 3 unspecified atom stereocenters. The normalized spacial score (nSPS) is 14.2. The minimum Gasteiger partial charge on any atom is -0.467 e. The van der Waals surface area contributed by atoms with Crippen LogP contribution in [0.1, 0.15) is 35.8 Å². The van der Waals surface area contributed by atoms with E-state index in [9.17, 15) is 14.7 Å². The minimum atomic E-state index is -1.60. The van der Waals surface area contributed by atoms with E-state index in [2.05, 4.69) is 0 Å². The smallest absolute Gasteiger partial charge is 0.357 e. The summed E-state index contributed by atoms with van der Waals surface area (Å²) in [6, 6.07) is 16.2. The second-order valence-electron chi connectivity index (χ2n) is 5.98. The van der Waals surface area contributed by atoms with E-state index in [-0.39, 0.29) is 0 Å². The Morgan fingerprint density at radius 2 is 1.61 bits per heavy atom. The number of hydrogen-bond donors (Lipinski definition) is 1. The Bertz CT molecular complexity index is 752. The molecule has 0 fully saturated rings. The van der Waals surface area contributed by atoms with Crippen molar-refractivity contribution in [3.8, 4) is 0 Å². The first-order chi connectivity index (χ1) is 13.5. The number of carbonyl (C=O) groups is 2. The Labute approximate surface area is 164 Å². The third-order valence-electron chi connectivity index (χ3n) is 4.12. The summed E-state index contributed by atoms with van der Waals surface area (Å²) in [7, 11) is 1.18. The molecule has 28 heavy (non-hydrogen) atoms. The number of aliphatic hydroxyl groups excluding tert-OH is 1. The van der Waals surface area contributed by atoms with Gasteiger partial charge in [0.15, 0.2) is 6.10 Å². The van der Waals surface area contributed by atoms with Gasteiger partial charge in [0.2, 0.25) is 0 Å². The fraction of sp³-hybridized carbons (Fsp3) is 0.333. The Morgan fingerprint density at radius 1 is 1.04 bits per heavy atom. The van der Waals surface area contributed by atoms with Gasteiger partial charge >= 0.3 is 11.9 Å². The zero-order valence-electron chi connectivity index (χ0n) is 16.1. The van der Waals surface area contributed by atoms with E-state index in [4.69, 9.17) is 14.3 Å². The predicted octanol–water partition coefficient (Wildman–Crippen LogP) is 2.72. The van der Waals surface area contributed by atoms with Crippen LogP contribution in [0.3, 0.4) is 0 Å². The van der Waals surface area contributed by atoms with Crippen molar-refractivity contribution < 1.29 is 29.0 Å². The fourth-order valence-corrected chi connectivity index (χ4v) is 2.76. The summed E-state index contributed by atoms with van der Waals surface area (Å²) in [6.45, 7) is 3.81. The van der Waals surface area contributed by atoms with Crippen molar-refractivity contribution in [3.05, 3.63) is 71.8 Å². The Hall–Kier alpha value is -2.74. The molecule has 0 aliphatic heterocycles. The van der Waals surface area contributed by atoms with Gasteiger partial charge in [0.05, 0.1) is 12.7 Å². The van der Waals surface area contributed by atoms with Gasteiger partial charge in [0.25, 0.3) is 0 Å². The van der Waals surface area contributed by atoms with Crippen LogP contribution in [-0.2, 0) is 19.1 Å². The number of benzene rings is 2.